The molecule has 1 aliphatic heterocycles. The number of hydrogen-bond donors (Lipinski definition) is 1. The highest BCUT2D eigenvalue weighted by molar-refractivity contribution is 5.79. The second-order valence-electron chi connectivity index (χ2n) is 10.2. The molecule has 1 aromatic heterocycles. The number of nitrogens with zero attached hydrogens (tertiary/aromatic N) is 4. The van der Waals surface area contributed by atoms with Gasteiger partial charge in [-0.3, -0.25) is 19.1 Å². The number of fused-ring (bicyclic) bond motifs is 1. The van der Waals surface area contributed by atoms with Gasteiger partial charge in [0.2, 0.25) is 6.41 Å². The van der Waals surface area contributed by atoms with Crippen LogP contribution >= 0.6 is 0 Å². The molecule has 10 nitrogen and oxygen atoms in total. The summed E-state index contributed by atoms with van der Waals surface area (Å²) < 4.78 is 13.0. The number of hydrogen-bond acceptors (Lipinski definition) is 8. The van der Waals surface area contributed by atoms with Crippen molar-refractivity contribution in [2.24, 2.45) is 4.99 Å². The van der Waals surface area contributed by atoms with Crippen molar-refractivity contribution in [2.75, 3.05) is 20.4 Å². The van der Waals surface area contributed by atoms with Crippen LogP contribution in [-0.4, -0.2) is 53.5 Å². The summed E-state index contributed by atoms with van der Waals surface area (Å²) in [6.07, 6.45) is 13.8. The van der Waals surface area contributed by atoms with Crippen LogP contribution in [-0.2, 0) is 9.53 Å². The van der Waals surface area contributed by atoms with Gasteiger partial charge in [-0.25, -0.2) is 4.98 Å². The number of carbonyl (C=O) groups excluding carboxylic acids is 1. The van der Waals surface area contributed by atoms with E-state index in [0.29, 0.717) is 46.1 Å². The fourth-order valence-electron chi connectivity index (χ4n) is 5.10. The molecular weight excluding hydrogens is 534 g/mol. The molecule has 0 bridgehead atoms. The van der Waals surface area contributed by atoms with Crippen molar-refractivity contribution in [3.8, 4) is 11.5 Å². The maximum Gasteiger partial charge on any atom is 0.265 e. The molecule has 218 valence electrons. The van der Waals surface area contributed by atoms with E-state index in [0.717, 1.165) is 43.5 Å². The van der Waals surface area contributed by atoms with Gasteiger partial charge in [0, 0.05) is 25.2 Å². The summed E-state index contributed by atoms with van der Waals surface area (Å²) >= 11 is 0. The maximum atomic E-state index is 13.2. The predicted molar refractivity (Wildman–Crippen MR) is 163 cm³/mol. The summed E-state index contributed by atoms with van der Waals surface area (Å²) in [5.41, 5.74) is 5.76. The minimum Gasteiger partial charge on any atom is -0.493 e. The highest BCUT2D eigenvalue weighted by Crippen LogP contribution is 2.34. The lowest BCUT2D eigenvalue weighted by Crippen LogP contribution is -2.39. The predicted octanol–water partition coefficient (Wildman–Crippen LogP) is 4.98. The lowest BCUT2D eigenvalue weighted by Gasteiger charge is -2.29. The number of hydroxylamine groups is 1. The summed E-state index contributed by atoms with van der Waals surface area (Å²) in [5, 5.41) is 0.570. The van der Waals surface area contributed by atoms with E-state index in [1.165, 1.54) is 0 Å². The normalized spacial score (nSPS) is 17.1. The van der Waals surface area contributed by atoms with Crippen LogP contribution in [0.2, 0.25) is 0 Å². The van der Waals surface area contributed by atoms with Gasteiger partial charge in [-0.15, -0.1) is 5.48 Å². The van der Waals surface area contributed by atoms with E-state index in [-0.39, 0.29) is 18.3 Å². The number of ether oxygens (including phenoxy) is 2. The van der Waals surface area contributed by atoms with E-state index in [2.05, 4.69) is 15.5 Å². The van der Waals surface area contributed by atoms with Gasteiger partial charge >= 0.3 is 0 Å². The van der Waals surface area contributed by atoms with Crippen molar-refractivity contribution in [2.45, 2.75) is 45.6 Å². The molecule has 0 saturated carbocycles. The Morgan fingerprint density at radius 3 is 2.83 bits per heavy atom. The van der Waals surface area contributed by atoms with E-state index in [4.69, 9.17) is 14.3 Å². The van der Waals surface area contributed by atoms with Crippen LogP contribution in [0.4, 0.5) is 5.69 Å². The van der Waals surface area contributed by atoms with Crippen molar-refractivity contribution in [3.05, 3.63) is 88.2 Å². The van der Waals surface area contributed by atoms with Gasteiger partial charge in [0.15, 0.2) is 18.2 Å². The number of benzene rings is 2. The van der Waals surface area contributed by atoms with E-state index in [9.17, 15) is 9.59 Å². The van der Waals surface area contributed by atoms with Gasteiger partial charge in [0.1, 0.15) is 11.6 Å². The molecule has 2 heterocycles. The fourth-order valence-corrected chi connectivity index (χ4v) is 5.10. The summed E-state index contributed by atoms with van der Waals surface area (Å²) in [5.74, 6) is 2.33. The van der Waals surface area contributed by atoms with Crippen LogP contribution in [0.3, 0.4) is 0 Å². The van der Waals surface area contributed by atoms with Crippen molar-refractivity contribution in [3.63, 3.8) is 0 Å². The van der Waals surface area contributed by atoms with Gasteiger partial charge in [-0.05, 0) is 75.1 Å². The van der Waals surface area contributed by atoms with Crippen LogP contribution in [0.15, 0.2) is 76.2 Å². The molecule has 1 atom stereocenters. The standard InChI is InChI=1S/C32H35N5O5/c1-22-17-30(40-3)31(18-29(22)33-19-25-9-6-7-16-36(25)21-38)42-34-20-41-26-11-8-10-24(14-15-26)37-23(2)35-28-13-5-4-12-27(28)32(37)39/h4-5,8,10,12-15,17-19,21,25,34H,6-7,9,11,16,20H2,1-3H3. The maximum absolute atomic E-state index is 13.2. The lowest BCUT2D eigenvalue weighted by molar-refractivity contribution is -0.119. The number of aromatic nitrogens is 2. The van der Waals surface area contributed by atoms with Gasteiger partial charge in [-0.1, -0.05) is 18.2 Å². The van der Waals surface area contributed by atoms with Gasteiger partial charge in [0.25, 0.3) is 5.56 Å². The Morgan fingerprint density at radius 1 is 1.14 bits per heavy atom. The number of rotatable bonds is 10. The molecule has 2 aliphatic rings. The first-order chi connectivity index (χ1) is 20.5. The molecule has 42 heavy (non-hydrogen) atoms. The van der Waals surface area contributed by atoms with Gasteiger partial charge < -0.3 is 19.2 Å². The average molecular weight is 570 g/mol. The van der Waals surface area contributed by atoms with Crippen molar-refractivity contribution in [1.82, 2.24) is 19.9 Å². The minimum atomic E-state index is -0.114. The largest absolute Gasteiger partial charge is 0.493 e. The average Bonchev–Trinajstić information content (AvgIpc) is 3.24. The molecule has 10 heteroatoms. The zero-order chi connectivity index (χ0) is 29.5. The van der Waals surface area contributed by atoms with Crippen LogP contribution in [0, 0.1) is 13.8 Å². The topological polar surface area (TPSA) is 107 Å². The first kappa shape index (κ1) is 28.8. The lowest BCUT2D eigenvalue weighted by atomic mass is 10.0. The van der Waals surface area contributed by atoms with Gasteiger partial charge in [-0.2, -0.15) is 0 Å². The molecule has 1 fully saturated rings. The monoisotopic (exact) mass is 569 g/mol. The molecule has 1 N–H and O–H groups in total. The van der Waals surface area contributed by atoms with E-state index in [1.807, 2.05) is 68.6 Å². The number of allylic oxidation sites excluding steroid dienone is 5. The Hall–Kier alpha value is -4.70. The Labute approximate surface area is 244 Å². The van der Waals surface area contributed by atoms with Crippen LogP contribution in [0.1, 0.15) is 37.1 Å². The molecule has 5 rings (SSSR count). The van der Waals surface area contributed by atoms with E-state index < -0.39 is 0 Å². The molecule has 1 unspecified atom stereocenters. The van der Waals surface area contributed by atoms with Gasteiger partial charge in [0.05, 0.1) is 35.4 Å². The second-order valence-corrected chi connectivity index (χ2v) is 10.2. The number of likely N-dealkylation sites (tertiary alicyclic amines) is 1. The summed E-state index contributed by atoms with van der Waals surface area (Å²) in [6, 6.07) is 11.0. The number of methoxy groups -OCH3 is 1. The number of carbonyl (C=O) groups is 1. The first-order valence-corrected chi connectivity index (χ1v) is 14.0. The molecule has 2 aromatic carbocycles. The number of aliphatic imine (C=N–C) groups is 1. The van der Waals surface area contributed by atoms with E-state index >= 15 is 0 Å². The number of aryl methyl sites for hydroxylation is 2. The molecular formula is C32H35N5O5. The third kappa shape index (κ3) is 6.44. The Morgan fingerprint density at radius 2 is 2.00 bits per heavy atom. The zero-order valence-corrected chi connectivity index (χ0v) is 24.1. The molecule has 1 saturated heterocycles. The molecule has 1 aliphatic carbocycles. The zero-order valence-electron chi connectivity index (χ0n) is 24.1. The Balaban J connectivity index is 1.24. The molecule has 0 spiro atoms. The van der Waals surface area contributed by atoms with Crippen molar-refractivity contribution < 1.29 is 19.1 Å². The van der Waals surface area contributed by atoms with E-state index in [1.54, 1.807) is 28.7 Å². The highest BCUT2D eigenvalue weighted by atomic mass is 16.7. The quantitative estimate of drug-likeness (QED) is 0.121. The van der Waals surface area contributed by atoms with Crippen molar-refractivity contribution in [1.29, 1.82) is 0 Å². The fraction of sp³-hybridized carbons (Fsp3) is 0.312. The summed E-state index contributed by atoms with van der Waals surface area (Å²) in [7, 11) is 1.58. The van der Waals surface area contributed by atoms with Crippen molar-refractivity contribution >= 4 is 34.9 Å². The Bertz CT molecular complexity index is 1640. The molecule has 3 aromatic rings. The smallest absolute Gasteiger partial charge is 0.265 e. The van der Waals surface area contributed by atoms with Crippen LogP contribution < -0.4 is 20.6 Å². The third-order valence-corrected chi connectivity index (χ3v) is 7.34. The highest BCUT2D eigenvalue weighted by Gasteiger charge is 2.19. The number of para-hydroxylation sites is 1. The minimum absolute atomic E-state index is 0.00912. The Kier molecular flexibility index (Phi) is 9.13. The van der Waals surface area contributed by atoms with Crippen LogP contribution in [0.25, 0.3) is 16.6 Å². The number of piperidine rings is 1. The molecule has 0 radical (unpaired) electrons. The molecule has 1 amide bonds. The number of amides is 1. The third-order valence-electron chi connectivity index (χ3n) is 7.34. The SMILES string of the molecule is COc1cc(C)c(N=CC2CCCCN2C=O)cc1ONCOC1=CC=C(n2c(C)nc3ccccc3c2=O)C=CC1. The second kappa shape index (κ2) is 13.3. The number of nitrogens with one attached hydrogen (secondary N) is 1. The summed E-state index contributed by atoms with van der Waals surface area (Å²) in [4.78, 5) is 41.4. The van der Waals surface area contributed by atoms with Crippen LogP contribution in [0.5, 0.6) is 11.5 Å². The first-order valence-electron chi connectivity index (χ1n) is 14.0. The summed E-state index contributed by atoms with van der Waals surface area (Å²) in [6.45, 7) is 4.60.